The number of nitrogens with zero attached hydrogens (tertiary/aromatic N) is 1. The van der Waals surface area contributed by atoms with Gasteiger partial charge in [-0.2, -0.15) is 4.31 Å². The van der Waals surface area contributed by atoms with Crippen LogP contribution < -0.4 is 4.74 Å². The molecule has 0 atom stereocenters. The van der Waals surface area contributed by atoms with Crippen LogP contribution in [-0.2, 0) is 15.9 Å². The van der Waals surface area contributed by atoms with Crippen LogP contribution in [0, 0.1) is 0 Å². The Morgan fingerprint density at radius 3 is 2.24 bits per heavy atom. The molecule has 0 aliphatic heterocycles. The molecule has 1 aromatic carbocycles. The van der Waals surface area contributed by atoms with E-state index in [-0.39, 0.29) is 10.8 Å². The third kappa shape index (κ3) is 4.59. The molecular weight excluding hydrogens is 310 g/mol. The van der Waals surface area contributed by atoms with Gasteiger partial charge >= 0.3 is 0 Å². The van der Waals surface area contributed by atoms with E-state index in [2.05, 4.69) is 0 Å². The lowest BCUT2D eigenvalue weighted by Crippen LogP contribution is -2.32. The normalized spacial score (nSPS) is 11.9. The van der Waals surface area contributed by atoms with Crippen molar-refractivity contribution in [2.24, 2.45) is 0 Å². The monoisotopic (exact) mass is 333 g/mol. The number of sulfonamides is 1. The van der Waals surface area contributed by atoms with Crippen molar-refractivity contribution in [3.63, 3.8) is 0 Å². The summed E-state index contributed by atoms with van der Waals surface area (Å²) in [5.41, 5.74) is 0.701. The summed E-state index contributed by atoms with van der Waals surface area (Å²) in [6.07, 6.45) is 1.58. The van der Waals surface area contributed by atoms with E-state index in [0.29, 0.717) is 31.0 Å². The minimum Gasteiger partial charge on any atom is -0.494 e. The van der Waals surface area contributed by atoms with Crippen LogP contribution >= 0.6 is 11.6 Å². The van der Waals surface area contributed by atoms with Crippen molar-refractivity contribution in [2.75, 3.05) is 19.7 Å². The summed E-state index contributed by atoms with van der Waals surface area (Å²) in [5, 5.41) is 0. The van der Waals surface area contributed by atoms with E-state index >= 15 is 0 Å². The molecule has 0 heterocycles. The first-order valence-electron chi connectivity index (χ1n) is 7.33. The Labute approximate surface area is 133 Å². The molecule has 0 spiro atoms. The predicted molar refractivity (Wildman–Crippen MR) is 86.5 cm³/mol. The van der Waals surface area contributed by atoms with E-state index in [1.807, 2.05) is 20.8 Å². The van der Waals surface area contributed by atoms with Gasteiger partial charge in [0.15, 0.2) is 0 Å². The van der Waals surface area contributed by atoms with Crippen molar-refractivity contribution in [3.8, 4) is 5.75 Å². The van der Waals surface area contributed by atoms with Gasteiger partial charge in [0.25, 0.3) is 0 Å². The van der Waals surface area contributed by atoms with Gasteiger partial charge in [0, 0.05) is 18.7 Å². The SMILES string of the molecule is CCCN(CCC)S(=O)(=O)c1ccc(OCC)c(CCl)c1. The Morgan fingerprint density at radius 1 is 1.14 bits per heavy atom. The highest BCUT2D eigenvalue weighted by molar-refractivity contribution is 7.89. The molecule has 0 aliphatic carbocycles. The zero-order valence-corrected chi connectivity index (χ0v) is 14.5. The smallest absolute Gasteiger partial charge is 0.243 e. The second-order valence-electron chi connectivity index (χ2n) is 4.74. The van der Waals surface area contributed by atoms with Crippen LogP contribution in [0.5, 0.6) is 5.75 Å². The molecule has 1 rings (SSSR count). The first-order valence-corrected chi connectivity index (χ1v) is 9.30. The van der Waals surface area contributed by atoms with Gasteiger partial charge in [-0.15, -0.1) is 11.6 Å². The Balaban J connectivity index is 3.17. The van der Waals surface area contributed by atoms with E-state index in [1.165, 1.54) is 4.31 Å². The Bertz CT molecular complexity index is 540. The molecule has 0 aliphatic rings. The van der Waals surface area contributed by atoms with Gasteiger partial charge in [-0.1, -0.05) is 13.8 Å². The maximum absolute atomic E-state index is 12.7. The van der Waals surface area contributed by atoms with E-state index in [0.717, 1.165) is 12.8 Å². The molecule has 0 unspecified atom stereocenters. The lowest BCUT2D eigenvalue weighted by Gasteiger charge is -2.21. The van der Waals surface area contributed by atoms with Crippen LogP contribution in [0.15, 0.2) is 23.1 Å². The molecule has 0 radical (unpaired) electrons. The van der Waals surface area contributed by atoms with Crippen LogP contribution in [0.3, 0.4) is 0 Å². The molecule has 6 heteroatoms. The third-order valence-corrected chi connectivity index (χ3v) is 5.24. The van der Waals surface area contributed by atoms with Crippen molar-refractivity contribution in [1.82, 2.24) is 4.31 Å². The molecule has 0 fully saturated rings. The van der Waals surface area contributed by atoms with Gasteiger partial charge in [0.2, 0.25) is 10.0 Å². The number of alkyl halides is 1. The zero-order chi connectivity index (χ0) is 15.9. The van der Waals surface area contributed by atoms with E-state index < -0.39 is 10.0 Å². The first-order chi connectivity index (χ1) is 10.0. The summed E-state index contributed by atoms with van der Waals surface area (Å²) in [4.78, 5) is 0.281. The van der Waals surface area contributed by atoms with Crippen molar-refractivity contribution >= 4 is 21.6 Å². The van der Waals surface area contributed by atoms with Gasteiger partial charge < -0.3 is 4.74 Å². The van der Waals surface area contributed by atoms with E-state index in [4.69, 9.17) is 16.3 Å². The lowest BCUT2D eigenvalue weighted by atomic mass is 10.2. The van der Waals surface area contributed by atoms with Crippen molar-refractivity contribution < 1.29 is 13.2 Å². The minimum atomic E-state index is -3.47. The molecule has 0 bridgehead atoms. The molecule has 0 saturated carbocycles. The maximum atomic E-state index is 12.7. The quantitative estimate of drug-likeness (QED) is 0.648. The molecule has 120 valence electrons. The zero-order valence-electron chi connectivity index (χ0n) is 12.9. The summed E-state index contributed by atoms with van der Waals surface area (Å²) in [6.45, 7) is 7.40. The van der Waals surface area contributed by atoms with Crippen molar-refractivity contribution in [2.45, 2.75) is 44.4 Å². The highest BCUT2D eigenvalue weighted by Gasteiger charge is 2.24. The highest BCUT2D eigenvalue weighted by Crippen LogP contribution is 2.26. The number of benzene rings is 1. The summed E-state index contributed by atoms with van der Waals surface area (Å²) in [7, 11) is -3.47. The predicted octanol–water partition coefficient (Wildman–Crippen LogP) is 3.63. The van der Waals surface area contributed by atoms with Gasteiger partial charge in [0.05, 0.1) is 17.4 Å². The van der Waals surface area contributed by atoms with E-state index in [1.54, 1.807) is 18.2 Å². The Morgan fingerprint density at radius 2 is 1.76 bits per heavy atom. The highest BCUT2D eigenvalue weighted by atomic mass is 35.5. The van der Waals surface area contributed by atoms with Gasteiger partial charge in [0.1, 0.15) is 5.75 Å². The van der Waals surface area contributed by atoms with E-state index in [9.17, 15) is 8.42 Å². The largest absolute Gasteiger partial charge is 0.494 e. The number of hydrogen-bond acceptors (Lipinski definition) is 3. The van der Waals surface area contributed by atoms with Crippen LogP contribution in [0.1, 0.15) is 39.2 Å². The Hall–Kier alpha value is -0.780. The fourth-order valence-corrected chi connectivity index (χ4v) is 4.00. The van der Waals surface area contributed by atoms with Gasteiger partial charge in [-0.25, -0.2) is 8.42 Å². The standard InChI is InChI=1S/C15H24ClNO3S/c1-4-9-17(10-5-2)21(18,19)14-7-8-15(20-6-3)13(11-14)12-16/h7-8,11H,4-6,9-10,12H2,1-3H3. The third-order valence-electron chi connectivity index (χ3n) is 3.06. The van der Waals surface area contributed by atoms with Gasteiger partial charge in [-0.3, -0.25) is 0 Å². The summed E-state index contributed by atoms with van der Waals surface area (Å²) >= 11 is 5.90. The molecule has 0 amide bonds. The minimum absolute atomic E-state index is 0.222. The average molecular weight is 334 g/mol. The first kappa shape index (κ1) is 18.3. The van der Waals surface area contributed by atoms with Crippen molar-refractivity contribution in [1.29, 1.82) is 0 Å². The maximum Gasteiger partial charge on any atom is 0.243 e. The average Bonchev–Trinajstić information content (AvgIpc) is 2.47. The van der Waals surface area contributed by atoms with Crippen LogP contribution in [0.4, 0.5) is 0 Å². The molecule has 0 saturated heterocycles. The summed E-state index contributed by atoms with van der Waals surface area (Å²) in [5.74, 6) is 0.865. The molecule has 1 aromatic rings. The fraction of sp³-hybridized carbons (Fsp3) is 0.600. The summed E-state index contributed by atoms with van der Waals surface area (Å²) in [6, 6.07) is 4.89. The Kier molecular flexibility index (Phi) is 7.49. The van der Waals surface area contributed by atoms with Crippen LogP contribution in [0.25, 0.3) is 0 Å². The molecular formula is C15H24ClNO3S. The molecule has 4 nitrogen and oxygen atoms in total. The topological polar surface area (TPSA) is 46.6 Å². The number of hydrogen-bond donors (Lipinski definition) is 0. The number of ether oxygens (including phenoxy) is 1. The fourth-order valence-electron chi connectivity index (χ4n) is 2.12. The molecule has 21 heavy (non-hydrogen) atoms. The molecule has 0 aromatic heterocycles. The van der Waals surface area contributed by atoms with Crippen LogP contribution in [-0.4, -0.2) is 32.4 Å². The van der Waals surface area contributed by atoms with Crippen LogP contribution in [0.2, 0.25) is 0 Å². The summed E-state index contributed by atoms with van der Waals surface area (Å²) < 4.78 is 32.4. The molecule has 0 N–H and O–H groups in total. The van der Waals surface area contributed by atoms with Crippen molar-refractivity contribution in [3.05, 3.63) is 23.8 Å². The second-order valence-corrected chi connectivity index (χ2v) is 6.95. The number of halogens is 1. The lowest BCUT2D eigenvalue weighted by molar-refractivity contribution is 0.337. The second kappa shape index (κ2) is 8.61. The number of rotatable bonds is 9. The van der Waals surface area contributed by atoms with Gasteiger partial charge in [-0.05, 0) is 38.0 Å².